The maximum absolute atomic E-state index is 12.1. The molecule has 4 N–H and O–H groups in total. The smallest absolute Gasteiger partial charge is 0.371 e. The summed E-state index contributed by atoms with van der Waals surface area (Å²) in [5.74, 6) is -0.992. The Morgan fingerprint density at radius 2 is 2.00 bits per heavy atom. The highest BCUT2D eigenvalue weighted by atomic mass is 16.4. The van der Waals surface area contributed by atoms with Gasteiger partial charge in [-0.25, -0.2) is 4.79 Å². The Hall–Kier alpha value is -1.82. The van der Waals surface area contributed by atoms with Crippen molar-refractivity contribution in [2.24, 2.45) is 11.1 Å². The zero-order chi connectivity index (χ0) is 14.5. The lowest BCUT2D eigenvalue weighted by atomic mass is 9.81. The monoisotopic (exact) mass is 268 g/mol. The molecular formula is C13H20N2O4. The van der Waals surface area contributed by atoms with Gasteiger partial charge in [0, 0.05) is 6.54 Å². The molecule has 0 radical (unpaired) electrons. The van der Waals surface area contributed by atoms with E-state index in [2.05, 4.69) is 5.32 Å². The third-order valence-electron chi connectivity index (χ3n) is 3.52. The molecule has 0 saturated carbocycles. The summed E-state index contributed by atoms with van der Waals surface area (Å²) in [7, 11) is 0. The number of carboxylic acid groups (broad SMARTS) is 1. The Morgan fingerprint density at radius 3 is 2.42 bits per heavy atom. The fourth-order valence-electron chi connectivity index (χ4n) is 1.90. The van der Waals surface area contributed by atoms with Gasteiger partial charge in [-0.1, -0.05) is 13.8 Å². The number of rotatable bonds is 7. The molecule has 6 nitrogen and oxygen atoms in total. The average molecular weight is 268 g/mol. The van der Waals surface area contributed by atoms with Crippen LogP contribution in [-0.4, -0.2) is 23.5 Å². The van der Waals surface area contributed by atoms with Crippen LogP contribution in [0.1, 0.15) is 43.0 Å². The molecule has 1 heterocycles. The van der Waals surface area contributed by atoms with Gasteiger partial charge in [-0.15, -0.1) is 0 Å². The zero-order valence-electron chi connectivity index (χ0n) is 11.2. The summed E-state index contributed by atoms with van der Waals surface area (Å²) < 4.78 is 5.06. The van der Waals surface area contributed by atoms with E-state index in [0.29, 0.717) is 18.6 Å². The van der Waals surface area contributed by atoms with Crippen LogP contribution >= 0.6 is 0 Å². The van der Waals surface area contributed by atoms with Gasteiger partial charge in [0.2, 0.25) is 11.7 Å². The first-order valence-electron chi connectivity index (χ1n) is 6.29. The van der Waals surface area contributed by atoms with Gasteiger partial charge >= 0.3 is 5.97 Å². The number of nitrogens with one attached hydrogen (secondary N) is 1. The van der Waals surface area contributed by atoms with Crippen LogP contribution in [0.3, 0.4) is 0 Å². The maximum atomic E-state index is 12.1. The second kappa shape index (κ2) is 6.38. The van der Waals surface area contributed by atoms with E-state index >= 15 is 0 Å². The molecule has 0 atom stereocenters. The lowest BCUT2D eigenvalue weighted by Crippen LogP contribution is -2.44. The van der Waals surface area contributed by atoms with E-state index in [1.165, 1.54) is 12.1 Å². The van der Waals surface area contributed by atoms with E-state index in [9.17, 15) is 9.59 Å². The van der Waals surface area contributed by atoms with Gasteiger partial charge < -0.3 is 20.6 Å². The quantitative estimate of drug-likeness (QED) is 0.692. The zero-order valence-corrected chi connectivity index (χ0v) is 11.2. The molecule has 1 aromatic heterocycles. The lowest BCUT2D eigenvalue weighted by Gasteiger charge is -2.28. The molecule has 0 saturated heterocycles. The number of aromatic carboxylic acids is 1. The standard InChI is InChI=1S/C13H20N2O4/c1-3-13(4-2,8-14)12(18)15-7-9-5-6-10(19-9)11(16)17/h5-6H,3-4,7-8,14H2,1-2H3,(H,15,18)(H,16,17). The molecule has 0 unspecified atom stereocenters. The van der Waals surface area contributed by atoms with Crippen LogP contribution in [0, 0.1) is 5.41 Å². The molecule has 0 aliphatic rings. The van der Waals surface area contributed by atoms with Crippen LogP contribution < -0.4 is 11.1 Å². The predicted molar refractivity (Wildman–Crippen MR) is 69.6 cm³/mol. The molecule has 1 amide bonds. The van der Waals surface area contributed by atoms with Crippen LogP contribution in [0.15, 0.2) is 16.5 Å². The van der Waals surface area contributed by atoms with Crippen molar-refractivity contribution in [3.8, 4) is 0 Å². The van der Waals surface area contributed by atoms with E-state index in [-0.39, 0.29) is 24.8 Å². The summed E-state index contributed by atoms with van der Waals surface area (Å²) in [6, 6.07) is 2.89. The molecule has 19 heavy (non-hydrogen) atoms. The van der Waals surface area contributed by atoms with Crippen molar-refractivity contribution in [3.05, 3.63) is 23.7 Å². The third-order valence-corrected chi connectivity index (χ3v) is 3.52. The minimum atomic E-state index is -1.13. The van der Waals surface area contributed by atoms with Gasteiger partial charge in [0.25, 0.3) is 0 Å². The summed E-state index contributed by atoms with van der Waals surface area (Å²) in [6.07, 6.45) is 1.31. The van der Waals surface area contributed by atoms with Crippen molar-refractivity contribution in [2.75, 3.05) is 6.54 Å². The highest BCUT2D eigenvalue weighted by Crippen LogP contribution is 2.25. The molecule has 6 heteroatoms. The number of hydrogen-bond donors (Lipinski definition) is 3. The Labute approximate surface area is 112 Å². The number of nitrogens with two attached hydrogens (primary N) is 1. The molecule has 106 valence electrons. The fourth-order valence-corrected chi connectivity index (χ4v) is 1.90. The van der Waals surface area contributed by atoms with Crippen LogP contribution in [0.2, 0.25) is 0 Å². The molecule has 0 aromatic carbocycles. The number of carboxylic acids is 1. The molecule has 0 bridgehead atoms. The van der Waals surface area contributed by atoms with Crippen LogP contribution in [0.4, 0.5) is 0 Å². The summed E-state index contributed by atoms with van der Waals surface area (Å²) >= 11 is 0. The molecule has 1 rings (SSSR count). The largest absolute Gasteiger partial charge is 0.475 e. The first-order chi connectivity index (χ1) is 8.99. The molecule has 0 aliphatic heterocycles. The van der Waals surface area contributed by atoms with Gasteiger partial charge in [0.1, 0.15) is 5.76 Å². The highest BCUT2D eigenvalue weighted by molar-refractivity contribution is 5.84. The van der Waals surface area contributed by atoms with Crippen molar-refractivity contribution < 1.29 is 19.1 Å². The fraction of sp³-hybridized carbons (Fsp3) is 0.538. The van der Waals surface area contributed by atoms with Crippen LogP contribution in [0.25, 0.3) is 0 Å². The number of furan rings is 1. The normalized spacial score (nSPS) is 11.3. The van der Waals surface area contributed by atoms with E-state index in [0.717, 1.165) is 0 Å². The molecular weight excluding hydrogens is 248 g/mol. The number of hydrogen-bond acceptors (Lipinski definition) is 4. The van der Waals surface area contributed by atoms with Crippen molar-refractivity contribution in [1.29, 1.82) is 0 Å². The number of carbonyl (C=O) groups is 2. The van der Waals surface area contributed by atoms with E-state index in [1.54, 1.807) is 0 Å². The maximum Gasteiger partial charge on any atom is 0.371 e. The Morgan fingerprint density at radius 1 is 1.37 bits per heavy atom. The number of amides is 1. The van der Waals surface area contributed by atoms with Crippen LogP contribution in [-0.2, 0) is 11.3 Å². The average Bonchev–Trinajstić information content (AvgIpc) is 2.88. The summed E-state index contributed by atoms with van der Waals surface area (Å²) in [5.41, 5.74) is 5.11. The van der Waals surface area contributed by atoms with Crippen LogP contribution in [0.5, 0.6) is 0 Å². The Balaban J connectivity index is 2.65. The minimum absolute atomic E-state index is 0.131. The van der Waals surface area contributed by atoms with Gasteiger partial charge in [0.15, 0.2) is 0 Å². The van der Waals surface area contributed by atoms with E-state index in [1.807, 2.05) is 13.8 Å². The predicted octanol–water partition coefficient (Wildman–Crippen LogP) is 1.36. The first-order valence-corrected chi connectivity index (χ1v) is 6.29. The van der Waals surface area contributed by atoms with Gasteiger partial charge in [-0.2, -0.15) is 0 Å². The lowest BCUT2D eigenvalue weighted by molar-refractivity contribution is -0.131. The minimum Gasteiger partial charge on any atom is -0.475 e. The molecule has 0 spiro atoms. The summed E-state index contributed by atoms with van der Waals surface area (Å²) in [6.45, 7) is 4.29. The summed E-state index contributed by atoms with van der Waals surface area (Å²) in [4.78, 5) is 22.8. The molecule has 0 fully saturated rings. The van der Waals surface area contributed by atoms with Crippen molar-refractivity contribution in [2.45, 2.75) is 33.2 Å². The van der Waals surface area contributed by atoms with E-state index in [4.69, 9.17) is 15.3 Å². The second-order valence-corrected chi connectivity index (χ2v) is 4.45. The highest BCUT2D eigenvalue weighted by Gasteiger charge is 2.33. The molecule has 0 aliphatic carbocycles. The van der Waals surface area contributed by atoms with Gasteiger partial charge in [-0.05, 0) is 25.0 Å². The van der Waals surface area contributed by atoms with Crippen molar-refractivity contribution >= 4 is 11.9 Å². The second-order valence-electron chi connectivity index (χ2n) is 4.45. The SMILES string of the molecule is CCC(CC)(CN)C(=O)NCc1ccc(C(=O)O)o1. The van der Waals surface area contributed by atoms with Crippen molar-refractivity contribution in [3.63, 3.8) is 0 Å². The summed E-state index contributed by atoms with van der Waals surface area (Å²) in [5, 5.41) is 11.5. The van der Waals surface area contributed by atoms with Crippen molar-refractivity contribution in [1.82, 2.24) is 5.32 Å². The Bertz CT molecular complexity index is 441. The molecule has 1 aromatic rings. The van der Waals surface area contributed by atoms with Gasteiger partial charge in [0.05, 0.1) is 12.0 Å². The van der Waals surface area contributed by atoms with E-state index < -0.39 is 11.4 Å². The third kappa shape index (κ3) is 3.35. The Kier molecular flexibility index (Phi) is 5.11. The topological polar surface area (TPSA) is 106 Å². The first kappa shape index (κ1) is 15.2. The number of carbonyl (C=O) groups excluding carboxylic acids is 1. The van der Waals surface area contributed by atoms with Gasteiger partial charge in [-0.3, -0.25) is 4.79 Å².